The number of sulfone groups is 1. The summed E-state index contributed by atoms with van der Waals surface area (Å²) in [7, 11) is -3.56. The van der Waals surface area contributed by atoms with Crippen molar-refractivity contribution in [3.63, 3.8) is 0 Å². The van der Waals surface area contributed by atoms with Crippen LogP contribution in [0.5, 0.6) is 0 Å². The second kappa shape index (κ2) is 7.40. The zero-order chi connectivity index (χ0) is 16.9. The molecule has 0 heterocycles. The van der Waals surface area contributed by atoms with Gasteiger partial charge < -0.3 is 10.4 Å². The van der Waals surface area contributed by atoms with E-state index in [-0.39, 0.29) is 28.0 Å². The lowest BCUT2D eigenvalue weighted by atomic mass is 10.0. The fourth-order valence-electron chi connectivity index (χ4n) is 2.13. The third-order valence-corrected chi connectivity index (χ3v) is 4.27. The van der Waals surface area contributed by atoms with Crippen molar-refractivity contribution in [3.8, 4) is 0 Å². The summed E-state index contributed by atoms with van der Waals surface area (Å²) in [6.07, 6.45) is 3.18. The van der Waals surface area contributed by atoms with Crippen LogP contribution in [0.4, 0.5) is 5.69 Å². The summed E-state index contributed by atoms with van der Waals surface area (Å²) < 4.78 is 23.2. The Morgan fingerprint density at radius 3 is 2.41 bits per heavy atom. The van der Waals surface area contributed by atoms with Crippen molar-refractivity contribution in [2.75, 3.05) is 11.6 Å². The molecule has 0 spiro atoms. The number of carboxylic acid groups (broad SMARTS) is 1. The third kappa shape index (κ3) is 5.48. The van der Waals surface area contributed by atoms with Crippen LogP contribution in [-0.2, 0) is 14.6 Å². The van der Waals surface area contributed by atoms with Crippen LogP contribution in [0, 0.1) is 5.92 Å². The number of carbonyl (C=O) groups is 2. The highest BCUT2D eigenvalue weighted by Gasteiger charge is 2.15. The molecule has 1 aromatic carbocycles. The summed E-state index contributed by atoms with van der Waals surface area (Å²) in [6.45, 7) is 3.99. The van der Waals surface area contributed by atoms with Crippen molar-refractivity contribution in [1.29, 1.82) is 0 Å². The summed E-state index contributed by atoms with van der Waals surface area (Å²) in [5, 5.41) is 11.6. The maximum Gasteiger partial charge on any atom is 0.335 e. The molecule has 1 rings (SSSR count). The minimum absolute atomic E-state index is 0.135. The van der Waals surface area contributed by atoms with Gasteiger partial charge in [-0.3, -0.25) is 4.79 Å². The Labute approximate surface area is 130 Å². The number of rotatable bonds is 7. The van der Waals surface area contributed by atoms with Crippen molar-refractivity contribution < 1.29 is 23.1 Å². The van der Waals surface area contributed by atoms with Gasteiger partial charge in [-0.05, 0) is 24.1 Å². The fraction of sp³-hybridized carbons (Fsp3) is 0.467. The van der Waals surface area contributed by atoms with E-state index in [1.165, 1.54) is 12.1 Å². The van der Waals surface area contributed by atoms with E-state index in [1.54, 1.807) is 0 Å². The number of carboxylic acids is 1. The highest BCUT2D eigenvalue weighted by Crippen LogP contribution is 2.20. The number of amides is 1. The molecule has 0 fully saturated rings. The Morgan fingerprint density at radius 2 is 1.91 bits per heavy atom. The SMILES string of the molecule is CCCC(C)CC(=O)Nc1cc(C(=O)O)cc(S(C)(=O)=O)c1. The second-order valence-electron chi connectivity index (χ2n) is 5.47. The highest BCUT2D eigenvalue weighted by molar-refractivity contribution is 7.90. The fourth-order valence-corrected chi connectivity index (χ4v) is 2.81. The second-order valence-corrected chi connectivity index (χ2v) is 7.49. The van der Waals surface area contributed by atoms with Gasteiger partial charge in [0.25, 0.3) is 0 Å². The monoisotopic (exact) mass is 327 g/mol. The summed E-state index contributed by atoms with van der Waals surface area (Å²) in [5.41, 5.74) is -0.00569. The van der Waals surface area contributed by atoms with Gasteiger partial charge in [-0.15, -0.1) is 0 Å². The predicted octanol–water partition coefficient (Wildman–Crippen LogP) is 2.55. The van der Waals surface area contributed by atoms with Crippen molar-refractivity contribution in [3.05, 3.63) is 23.8 Å². The van der Waals surface area contributed by atoms with Crippen LogP contribution in [0.1, 0.15) is 43.5 Å². The van der Waals surface area contributed by atoms with E-state index >= 15 is 0 Å². The maximum atomic E-state index is 11.9. The van der Waals surface area contributed by atoms with Crippen LogP contribution in [-0.4, -0.2) is 31.7 Å². The Hall–Kier alpha value is -1.89. The van der Waals surface area contributed by atoms with Gasteiger partial charge >= 0.3 is 5.97 Å². The number of anilines is 1. The molecule has 0 aliphatic rings. The molecule has 1 atom stereocenters. The van der Waals surface area contributed by atoms with Gasteiger partial charge in [0.05, 0.1) is 10.5 Å². The average Bonchev–Trinajstić information content (AvgIpc) is 2.37. The lowest BCUT2D eigenvalue weighted by Crippen LogP contribution is -2.16. The van der Waals surface area contributed by atoms with Gasteiger partial charge in [-0.25, -0.2) is 13.2 Å². The molecule has 1 amide bonds. The Morgan fingerprint density at radius 1 is 1.27 bits per heavy atom. The first-order valence-electron chi connectivity index (χ1n) is 7.01. The molecule has 0 aliphatic heterocycles. The normalized spacial score (nSPS) is 12.7. The number of hydrogen-bond acceptors (Lipinski definition) is 4. The highest BCUT2D eigenvalue weighted by atomic mass is 32.2. The van der Waals surface area contributed by atoms with E-state index in [4.69, 9.17) is 5.11 Å². The Balaban J connectivity index is 3.01. The molecule has 2 N–H and O–H groups in total. The molecule has 122 valence electrons. The first-order valence-corrected chi connectivity index (χ1v) is 8.91. The lowest BCUT2D eigenvalue weighted by molar-refractivity contribution is -0.117. The summed E-state index contributed by atoms with van der Waals surface area (Å²) in [6, 6.07) is 3.59. The van der Waals surface area contributed by atoms with Gasteiger partial charge in [0.15, 0.2) is 9.84 Å². The van der Waals surface area contributed by atoms with Crippen LogP contribution in [0.2, 0.25) is 0 Å². The van der Waals surface area contributed by atoms with Gasteiger partial charge in [0.2, 0.25) is 5.91 Å². The summed E-state index contributed by atoms with van der Waals surface area (Å²) in [4.78, 5) is 22.9. The molecule has 0 saturated heterocycles. The van der Waals surface area contributed by atoms with Crippen LogP contribution in [0.25, 0.3) is 0 Å². The molecule has 22 heavy (non-hydrogen) atoms. The van der Waals surface area contributed by atoms with E-state index in [1.807, 2.05) is 13.8 Å². The Bertz CT molecular complexity index is 667. The number of benzene rings is 1. The Kier molecular flexibility index (Phi) is 6.11. The van der Waals surface area contributed by atoms with Crippen LogP contribution in [0.3, 0.4) is 0 Å². The van der Waals surface area contributed by atoms with E-state index < -0.39 is 15.8 Å². The number of hydrogen-bond donors (Lipinski definition) is 2. The summed E-state index contributed by atoms with van der Waals surface area (Å²) >= 11 is 0. The van der Waals surface area contributed by atoms with Gasteiger partial charge in [0.1, 0.15) is 0 Å². The van der Waals surface area contributed by atoms with E-state index in [9.17, 15) is 18.0 Å². The van der Waals surface area contributed by atoms with E-state index in [0.29, 0.717) is 6.42 Å². The minimum atomic E-state index is -3.56. The molecular weight excluding hydrogens is 306 g/mol. The number of aromatic carboxylic acids is 1. The maximum absolute atomic E-state index is 11.9. The molecule has 1 aromatic rings. The third-order valence-electron chi connectivity index (χ3n) is 3.18. The van der Waals surface area contributed by atoms with Crippen molar-refractivity contribution in [2.24, 2.45) is 5.92 Å². The zero-order valence-corrected chi connectivity index (χ0v) is 13.7. The van der Waals surface area contributed by atoms with E-state index in [0.717, 1.165) is 25.2 Å². The van der Waals surface area contributed by atoms with Crippen LogP contribution < -0.4 is 5.32 Å². The molecule has 1 unspecified atom stereocenters. The molecule has 0 saturated carbocycles. The first-order chi connectivity index (χ1) is 10.1. The topological polar surface area (TPSA) is 101 Å². The molecule has 7 heteroatoms. The summed E-state index contributed by atoms with van der Waals surface area (Å²) in [5.74, 6) is -1.30. The van der Waals surface area contributed by atoms with Crippen molar-refractivity contribution in [1.82, 2.24) is 0 Å². The smallest absolute Gasteiger partial charge is 0.335 e. The number of nitrogens with one attached hydrogen (secondary N) is 1. The van der Waals surface area contributed by atoms with Crippen molar-refractivity contribution in [2.45, 2.75) is 38.0 Å². The zero-order valence-electron chi connectivity index (χ0n) is 12.9. The standard InChI is InChI=1S/C15H21NO5S/c1-4-5-10(2)6-14(17)16-12-7-11(15(18)19)8-13(9-12)22(3,20)21/h7-10H,4-6H2,1-3H3,(H,16,17)(H,18,19). The molecule has 0 aromatic heterocycles. The largest absolute Gasteiger partial charge is 0.478 e. The molecule has 6 nitrogen and oxygen atoms in total. The van der Waals surface area contributed by atoms with Crippen molar-refractivity contribution >= 4 is 27.4 Å². The molecule has 0 bridgehead atoms. The molecular formula is C15H21NO5S. The molecule has 0 radical (unpaired) electrons. The van der Waals surface area contributed by atoms with Gasteiger partial charge in [0, 0.05) is 18.4 Å². The van der Waals surface area contributed by atoms with Crippen LogP contribution >= 0.6 is 0 Å². The van der Waals surface area contributed by atoms with Gasteiger partial charge in [-0.1, -0.05) is 26.7 Å². The van der Waals surface area contributed by atoms with Gasteiger partial charge in [-0.2, -0.15) is 0 Å². The molecule has 0 aliphatic carbocycles. The average molecular weight is 327 g/mol. The quantitative estimate of drug-likeness (QED) is 0.801. The lowest BCUT2D eigenvalue weighted by Gasteiger charge is -2.12. The van der Waals surface area contributed by atoms with Crippen LogP contribution in [0.15, 0.2) is 23.1 Å². The first kappa shape index (κ1) is 18.2. The van der Waals surface area contributed by atoms with E-state index in [2.05, 4.69) is 5.32 Å². The minimum Gasteiger partial charge on any atom is -0.478 e. The predicted molar refractivity (Wildman–Crippen MR) is 83.8 cm³/mol. The number of carbonyl (C=O) groups excluding carboxylic acids is 1.